The first kappa shape index (κ1) is 9.21. The Kier molecular flexibility index (Phi) is 2.03. The Balaban J connectivity index is 2.08. The van der Waals surface area contributed by atoms with Crippen LogP contribution in [0.4, 0.5) is 0 Å². The standard InChI is InChI=1S/C13H12N3/c1-16-8-5-11-12(16)4-7-15-13(11)10-3-2-6-14-9-10/h2-4,6-7,9H,1,5,8H2/q-1. The first-order valence-corrected chi connectivity index (χ1v) is 5.32. The van der Waals surface area contributed by atoms with E-state index >= 15 is 0 Å². The van der Waals surface area contributed by atoms with Crippen LogP contribution in [-0.4, -0.2) is 22.8 Å². The minimum Gasteiger partial charge on any atom is -0.750 e. The largest absolute Gasteiger partial charge is 0.750 e. The third kappa shape index (κ3) is 1.33. The molecule has 3 heterocycles. The Bertz CT molecular complexity index is 485. The number of hydrogen-bond acceptors (Lipinski definition) is 1. The van der Waals surface area contributed by atoms with Crippen LogP contribution >= 0.6 is 0 Å². The van der Waals surface area contributed by atoms with E-state index in [0.717, 1.165) is 24.2 Å². The summed E-state index contributed by atoms with van der Waals surface area (Å²) < 4.78 is 2.02. The van der Waals surface area contributed by atoms with Crippen LogP contribution in [0.1, 0.15) is 12.0 Å². The van der Waals surface area contributed by atoms with E-state index in [4.69, 9.17) is 0 Å². The maximum Gasteiger partial charge on any atom is 0.133 e. The van der Waals surface area contributed by atoms with Crippen LogP contribution in [0.25, 0.3) is 11.0 Å². The van der Waals surface area contributed by atoms with E-state index in [1.807, 2.05) is 35.2 Å². The summed E-state index contributed by atoms with van der Waals surface area (Å²) in [6, 6.07) is 5.17. The lowest BCUT2D eigenvalue weighted by molar-refractivity contribution is -0.475. The molecule has 0 saturated carbocycles. The molecule has 0 amide bonds. The van der Waals surface area contributed by atoms with Gasteiger partial charge >= 0.3 is 0 Å². The molecule has 0 N–H and O–H groups in total. The van der Waals surface area contributed by atoms with Crippen molar-refractivity contribution in [3.8, 4) is 0 Å². The number of fused-ring (bicyclic) bond motifs is 1. The van der Waals surface area contributed by atoms with Gasteiger partial charge in [0.25, 0.3) is 0 Å². The molecule has 0 bridgehead atoms. The zero-order valence-corrected chi connectivity index (χ0v) is 8.93. The summed E-state index contributed by atoms with van der Waals surface area (Å²) in [5.74, 6) is 0. The van der Waals surface area contributed by atoms with Crippen LogP contribution in [0, 0.1) is 6.04 Å². The minimum atomic E-state index is 0.967. The molecule has 0 aromatic carbocycles. The van der Waals surface area contributed by atoms with Crippen LogP contribution in [-0.2, 0) is 0 Å². The van der Waals surface area contributed by atoms with Gasteiger partial charge in [-0.2, -0.15) is 0 Å². The number of hydrogen-bond donors (Lipinski definition) is 0. The van der Waals surface area contributed by atoms with Crippen molar-refractivity contribution in [2.24, 2.45) is 0 Å². The summed E-state index contributed by atoms with van der Waals surface area (Å²) in [5.41, 5.74) is 3.40. The molecule has 0 unspecified atom stereocenters. The van der Waals surface area contributed by atoms with Crippen LogP contribution in [0.15, 0.2) is 42.4 Å². The van der Waals surface area contributed by atoms with E-state index in [-0.39, 0.29) is 0 Å². The van der Waals surface area contributed by atoms with Crippen LogP contribution < -0.4 is 0 Å². The molecular formula is C13H12N3-. The lowest BCUT2D eigenvalue weighted by atomic mass is 9.99. The average Bonchev–Trinajstić information content (AvgIpc) is 2.73. The normalized spacial score (nSPS) is 18.8. The van der Waals surface area contributed by atoms with E-state index in [9.17, 15) is 0 Å². The SMILES string of the molecule is C=[N+]1CCC2=C(c3cccnc3)[N-]C=C[C-]21. The fraction of sp³-hybridized carbons (Fsp3) is 0.154. The quantitative estimate of drug-likeness (QED) is 0.517. The van der Waals surface area contributed by atoms with Crippen molar-refractivity contribution in [1.29, 1.82) is 0 Å². The molecule has 3 nitrogen and oxygen atoms in total. The Labute approximate surface area is 94.8 Å². The van der Waals surface area contributed by atoms with Gasteiger partial charge in [0.1, 0.15) is 12.6 Å². The van der Waals surface area contributed by atoms with Crippen LogP contribution in [0.5, 0.6) is 0 Å². The molecule has 1 aromatic rings. The second-order valence-electron chi connectivity index (χ2n) is 3.91. The molecule has 0 aliphatic carbocycles. The van der Waals surface area contributed by atoms with E-state index in [1.54, 1.807) is 6.20 Å². The van der Waals surface area contributed by atoms with Crippen molar-refractivity contribution >= 4 is 12.4 Å². The van der Waals surface area contributed by atoms with E-state index in [2.05, 4.69) is 17.0 Å². The smallest absolute Gasteiger partial charge is 0.133 e. The Morgan fingerprint density at radius 1 is 1.50 bits per heavy atom. The molecule has 3 heteroatoms. The molecule has 3 rings (SSSR count). The van der Waals surface area contributed by atoms with Gasteiger partial charge in [-0.3, -0.25) is 15.8 Å². The van der Waals surface area contributed by atoms with Crippen LogP contribution in [0.3, 0.4) is 0 Å². The minimum absolute atomic E-state index is 0.967. The van der Waals surface area contributed by atoms with Gasteiger partial charge in [0.05, 0.1) is 6.72 Å². The zero-order valence-electron chi connectivity index (χ0n) is 8.93. The fourth-order valence-electron chi connectivity index (χ4n) is 2.14. The lowest BCUT2D eigenvalue weighted by Gasteiger charge is -2.35. The van der Waals surface area contributed by atoms with Crippen LogP contribution in [0.2, 0.25) is 0 Å². The number of rotatable bonds is 1. The van der Waals surface area contributed by atoms with Crippen molar-refractivity contribution in [2.75, 3.05) is 6.54 Å². The first-order valence-electron chi connectivity index (χ1n) is 5.32. The van der Waals surface area contributed by atoms with Crippen molar-refractivity contribution in [3.63, 3.8) is 0 Å². The second kappa shape index (κ2) is 3.52. The highest BCUT2D eigenvalue weighted by molar-refractivity contribution is 5.82. The average molecular weight is 210 g/mol. The van der Waals surface area contributed by atoms with Gasteiger partial charge in [0.2, 0.25) is 0 Å². The highest BCUT2D eigenvalue weighted by Crippen LogP contribution is 2.39. The Morgan fingerprint density at radius 3 is 3.25 bits per heavy atom. The van der Waals surface area contributed by atoms with Gasteiger partial charge in [-0.25, -0.2) is 5.70 Å². The van der Waals surface area contributed by atoms with E-state index in [1.165, 1.54) is 11.6 Å². The van der Waals surface area contributed by atoms with Gasteiger partial charge in [0, 0.05) is 18.8 Å². The van der Waals surface area contributed by atoms with Gasteiger partial charge in [-0.15, -0.1) is 0 Å². The second-order valence-corrected chi connectivity index (χ2v) is 3.91. The zero-order chi connectivity index (χ0) is 11.0. The number of nitrogens with zero attached hydrogens (tertiary/aromatic N) is 3. The van der Waals surface area contributed by atoms with Gasteiger partial charge in [-0.05, 0) is 6.07 Å². The fourth-order valence-corrected chi connectivity index (χ4v) is 2.14. The summed E-state index contributed by atoms with van der Waals surface area (Å²) >= 11 is 0. The van der Waals surface area contributed by atoms with Gasteiger partial charge in [-0.1, -0.05) is 23.3 Å². The summed E-state index contributed by atoms with van der Waals surface area (Å²) in [6.45, 7) is 4.97. The topological polar surface area (TPSA) is 30.0 Å². The van der Waals surface area contributed by atoms with Crippen molar-refractivity contribution < 1.29 is 4.58 Å². The molecule has 80 valence electrons. The molecule has 1 fully saturated rings. The highest BCUT2D eigenvalue weighted by atomic mass is 15.1. The predicted molar refractivity (Wildman–Crippen MR) is 63.8 cm³/mol. The summed E-state index contributed by atoms with van der Waals surface area (Å²) in [7, 11) is 0. The predicted octanol–water partition coefficient (Wildman–Crippen LogP) is 2.34. The maximum absolute atomic E-state index is 4.46. The summed E-state index contributed by atoms with van der Waals surface area (Å²) in [6.07, 6.45) is 8.51. The molecule has 0 atom stereocenters. The van der Waals surface area contributed by atoms with Gasteiger partial charge in [0.15, 0.2) is 0 Å². The maximum atomic E-state index is 4.46. The first-order chi connectivity index (χ1) is 7.86. The number of aromatic nitrogens is 1. The lowest BCUT2D eigenvalue weighted by Crippen LogP contribution is -2.09. The Morgan fingerprint density at radius 2 is 2.44 bits per heavy atom. The summed E-state index contributed by atoms with van der Waals surface area (Å²) in [5, 5.41) is 4.46. The molecule has 1 saturated heterocycles. The van der Waals surface area contributed by atoms with Crippen molar-refractivity contribution in [3.05, 3.63) is 59.3 Å². The van der Waals surface area contributed by atoms with Gasteiger partial charge < -0.3 is 5.32 Å². The van der Waals surface area contributed by atoms with E-state index in [0.29, 0.717) is 0 Å². The third-order valence-electron chi connectivity index (χ3n) is 2.94. The highest BCUT2D eigenvalue weighted by Gasteiger charge is 2.24. The molecular weight excluding hydrogens is 198 g/mol. The summed E-state index contributed by atoms with van der Waals surface area (Å²) in [4.78, 5) is 4.14. The monoisotopic (exact) mass is 210 g/mol. The molecule has 0 radical (unpaired) electrons. The molecule has 2 aliphatic heterocycles. The number of pyridine rings is 1. The van der Waals surface area contributed by atoms with E-state index < -0.39 is 0 Å². The van der Waals surface area contributed by atoms with Crippen molar-refractivity contribution in [2.45, 2.75) is 6.42 Å². The third-order valence-corrected chi connectivity index (χ3v) is 2.94. The molecule has 16 heavy (non-hydrogen) atoms. The Hall–Kier alpha value is -2.03. The molecule has 0 spiro atoms. The van der Waals surface area contributed by atoms with Crippen molar-refractivity contribution in [1.82, 2.24) is 4.98 Å². The molecule has 2 aliphatic rings. The molecule has 1 aromatic heterocycles.